The van der Waals surface area contributed by atoms with Crippen LogP contribution in [0.5, 0.6) is 17.2 Å². The number of carboxylic acids is 1. The molecule has 1 saturated heterocycles. The van der Waals surface area contributed by atoms with Gasteiger partial charge in [-0.1, -0.05) is 24.0 Å². The van der Waals surface area contributed by atoms with Gasteiger partial charge in [0.05, 0.1) is 32.7 Å². The van der Waals surface area contributed by atoms with Crippen molar-refractivity contribution in [2.45, 2.75) is 6.42 Å². The molecule has 0 atom stereocenters. The molecule has 1 aromatic carbocycles. The zero-order chi connectivity index (χ0) is 18.6. The molecule has 1 aliphatic heterocycles. The van der Waals surface area contributed by atoms with Crippen LogP contribution in [0.15, 0.2) is 17.0 Å². The van der Waals surface area contributed by atoms with Gasteiger partial charge in [0, 0.05) is 6.54 Å². The number of thioether (sulfide) groups is 1. The summed E-state index contributed by atoms with van der Waals surface area (Å²) in [6.45, 7) is 0.0482. The van der Waals surface area contributed by atoms with Crippen molar-refractivity contribution >= 4 is 46.3 Å². The Hall–Kier alpha value is -2.26. The lowest BCUT2D eigenvalue weighted by Crippen LogP contribution is -2.30. The summed E-state index contributed by atoms with van der Waals surface area (Å²) in [5, 5.41) is 8.77. The van der Waals surface area contributed by atoms with Crippen molar-refractivity contribution in [3.8, 4) is 17.2 Å². The number of methoxy groups -OCH3 is 3. The molecule has 1 amide bonds. The van der Waals surface area contributed by atoms with Gasteiger partial charge in [-0.25, -0.2) is 0 Å². The van der Waals surface area contributed by atoms with Gasteiger partial charge < -0.3 is 19.3 Å². The van der Waals surface area contributed by atoms with Crippen LogP contribution >= 0.6 is 24.0 Å². The Labute approximate surface area is 154 Å². The number of ether oxygens (including phenoxy) is 3. The quantitative estimate of drug-likeness (QED) is 0.567. The minimum atomic E-state index is -0.984. The number of benzene rings is 1. The van der Waals surface area contributed by atoms with E-state index in [9.17, 15) is 9.59 Å². The fourth-order valence-corrected chi connectivity index (χ4v) is 3.54. The van der Waals surface area contributed by atoms with Gasteiger partial charge in [-0.2, -0.15) is 0 Å². The highest BCUT2D eigenvalue weighted by atomic mass is 32.2. The average molecular weight is 383 g/mol. The van der Waals surface area contributed by atoms with Gasteiger partial charge in [0.15, 0.2) is 11.5 Å². The van der Waals surface area contributed by atoms with Crippen molar-refractivity contribution in [3.05, 3.63) is 22.6 Å². The lowest BCUT2D eigenvalue weighted by molar-refractivity contribution is -0.137. The van der Waals surface area contributed by atoms with E-state index in [2.05, 4.69) is 0 Å². The first kappa shape index (κ1) is 19.1. The first-order valence-electron chi connectivity index (χ1n) is 7.18. The van der Waals surface area contributed by atoms with E-state index in [0.29, 0.717) is 32.0 Å². The van der Waals surface area contributed by atoms with Crippen LogP contribution in [0.4, 0.5) is 0 Å². The summed E-state index contributed by atoms with van der Waals surface area (Å²) in [6.07, 6.45) is 1.49. The maximum atomic E-state index is 12.4. The Kier molecular flexibility index (Phi) is 6.27. The summed E-state index contributed by atoms with van der Waals surface area (Å²) in [5.74, 6) is 0.0905. The Morgan fingerprint density at radius 1 is 1.24 bits per heavy atom. The minimum absolute atomic E-state index is 0.0482. The number of carbonyl (C=O) groups excluding carboxylic acids is 1. The van der Waals surface area contributed by atoms with Gasteiger partial charge in [-0.3, -0.25) is 14.5 Å². The van der Waals surface area contributed by atoms with E-state index >= 15 is 0 Å². The van der Waals surface area contributed by atoms with Crippen molar-refractivity contribution in [1.82, 2.24) is 4.90 Å². The lowest BCUT2D eigenvalue weighted by atomic mass is 10.1. The first-order chi connectivity index (χ1) is 11.9. The van der Waals surface area contributed by atoms with Gasteiger partial charge in [0.1, 0.15) is 4.32 Å². The fourth-order valence-electron chi connectivity index (χ4n) is 2.24. The molecule has 9 heteroatoms. The molecule has 0 aromatic heterocycles. The molecule has 0 aliphatic carbocycles. The summed E-state index contributed by atoms with van der Waals surface area (Å²) >= 11 is 6.29. The molecule has 1 heterocycles. The Balaban J connectivity index is 2.32. The Morgan fingerprint density at radius 3 is 2.32 bits per heavy atom. The van der Waals surface area contributed by atoms with Crippen molar-refractivity contribution in [3.63, 3.8) is 0 Å². The van der Waals surface area contributed by atoms with Crippen LogP contribution < -0.4 is 14.2 Å². The monoisotopic (exact) mass is 383 g/mol. The van der Waals surface area contributed by atoms with Gasteiger partial charge in [0.2, 0.25) is 5.75 Å². The maximum absolute atomic E-state index is 12.4. The molecule has 1 N–H and O–H groups in total. The summed E-state index contributed by atoms with van der Waals surface area (Å²) in [5.41, 5.74) is 0.674. The number of amides is 1. The third kappa shape index (κ3) is 4.23. The Bertz CT molecular complexity index is 721. The number of hydrogen-bond donors (Lipinski definition) is 1. The number of carbonyl (C=O) groups is 2. The summed E-state index contributed by atoms with van der Waals surface area (Å²) < 4.78 is 16.2. The molecule has 2 rings (SSSR count). The standard InChI is InChI=1S/C16H17NO6S2/c1-21-10-6-9(7-11(22-2)14(10)23-3)8-12-15(20)17(16(24)25-12)5-4-13(18)19/h6-8H,4-5H2,1-3H3,(H,18,19). The number of aliphatic carboxylic acids is 1. The molecule has 0 saturated carbocycles. The number of nitrogens with zero attached hydrogens (tertiary/aromatic N) is 1. The summed E-state index contributed by atoms with van der Waals surface area (Å²) in [7, 11) is 4.52. The predicted molar refractivity (Wildman–Crippen MR) is 98.2 cm³/mol. The van der Waals surface area contributed by atoms with E-state index in [0.717, 1.165) is 11.8 Å². The number of hydrogen-bond acceptors (Lipinski definition) is 7. The summed E-state index contributed by atoms with van der Waals surface area (Å²) in [4.78, 5) is 24.8. The Morgan fingerprint density at radius 2 is 1.84 bits per heavy atom. The SMILES string of the molecule is COc1cc(C=C2SC(=S)N(CCC(=O)O)C2=O)cc(OC)c1OC. The number of carboxylic acid groups (broad SMARTS) is 1. The van der Waals surface area contributed by atoms with Gasteiger partial charge in [-0.05, 0) is 23.8 Å². The van der Waals surface area contributed by atoms with Crippen LogP contribution in [-0.4, -0.2) is 54.1 Å². The molecule has 1 aliphatic rings. The molecular weight excluding hydrogens is 366 g/mol. The van der Waals surface area contributed by atoms with Crippen LogP contribution in [-0.2, 0) is 9.59 Å². The fraction of sp³-hybridized carbons (Fsp3) is 0.312. The molecule has 0 spiro atoms. The average Bonchev–Trinajstić information content (AvgIpc) is 2.85. The van der Waals surface area contributed by atoms with Gasteiger partial charge >= 0.3 is 5.97 Å². The van der Waals surface area contributed by atoms with Crippen LogP contribution in [0.2, 0.25) is 0 Å². The van der Waals surface area contributed by atoms with E-state index in [1.165, 1.54) is 26.2 Å². The molecule has 1 aromatic rings. The third-order valence-electron chi connectivity index (χ3n) is 3.41. The normalized spacial score (nSPS) is 15.6. The van der Waals surface area contributed by atoms with Crippen LogP contribution in [0.3, 0.4) is 0 Å². The van der Waals surface area contributed by atoms with E-state index in [-0.39, 0.29) is 18.9 Å². The highest BCUT2D eigenvalue weighted by Crippen LogP contribution is 2.40. The lowest BCUT2D eigenvalue weighted by Gasteiger charge is -2.13. The highest BCUT2D eigenvalue weighted by molar-refractivity contribution is 8.26. The number of thiocarbonyl (C=S) groups is 1. The van der Waals surface area contributed by atoms with Crippen LogP contribution in [0.25, 0.3) is 6.08 Å². The topological polar surface area (TPSA) is 85.3 Å². The van der Waals surface area contributed by atoms with E-state index < -0.39 is 5.97 Å². The second-order valence-electron chi connectivity index (χ2n) is 4.94. The molecule has 0 radical (unpaired) electrons. The van der Waals surface area contributed by atoms with Crippen LogP contribution in [0, 0.1) is 0 Å². The molecule has 7 nitrogen and oxygen atoms in total. The van der Waals surface area contributed by atoms with E-state index in [1.54, 1.807) is 18.2 Å². The molecule has 1 fully saturated rings. The summed E-state index contributed by atoms with van der Waals surface area (Å²) in [6, 6.07) is 3.43. The highest BCUT2D eigenvalue weighted by Gasteiger charge is 2.32. The zero-order valence-corrected chi connectivity index (χ0v) is 15.5. The minimum Gasteiger partial charge on any atom is -0.493 e. The molecule has 0 bridgehead atoms. The largest absolute Gasteiger partial charge is 0.493 e. The van der Waals surface area contributed by atoms with Crippen molar-refractivity contribution in [2.24, 2.45) is 0 Å². The van der Waals surface area contributed by atoms with Crippen molar-refractivity contribution < 1.29 is 28.9 Å². The first-order valence-corrected chi connectivity index (χ1v) is 8.41. The van der Waals surface area contributed by atoms with Crippen molar-refractivity contribution in [1.29, 1.82) is 0 Å². The van der Waals surface area contributed by atoms with Gasteiger partial charge in [-0.15, -0.1) is 0 Å². The maximum Gasteiger partial charge on any atom is 0.305 e. The van der Waals surface area contributed by atoms with Gasteiger partial charge in [0.25, 0.3) is 5.91 Å². The van der Waals surface area contributed by atoms with E-state index in [4.69, 9.17) is 31.5 Å². The van der Waals surface area contributed by atoms with Crippen LogP contribution in [0.1, 0.15) is 12.0 Å². The smallest absolute Gasteiger partial charge is 0.305 e. The second-order valence-corrected chi connectivity index (χ2v) is 6.61. The molecule has 0 unspecified atom stereocenters. The number of rotatable bonds is 7. The third-order valence-corrected chi connectivity index (χ3v) is 4.79. The molecular formula is C16H17NO6S2. The molecule has 25 heavy (non-hydrogen) atoms. The zero-order valence-electron chi connectivity index (χ0n) is 13.9. The van der Waals surface area contributed by atoms with E-state index in [1.807, 2.05) is 0 Å². The molecule has 134 valence electrons. The van der Waals surface area contributed by atoms with Crippen molar-refractivity contribution in [2.75, 3.05) is 27.9 Å². The predicted octanol–water partition coefficient (Wildman–Crippen LogP) is 2.39. The second kappa shape index (κ2) is 8.21.